The SMILES string of the molecule is c1ccc(-c2nc(-c3cccc(-c4cccc5ccccc45)c3)nc(-c3ccc4ccc5ccc6ccc7nc(-c8ccccc8)oc7c6c5c4c3)n2)cc1. The third-order valence-electron chi connectivity index (χ3n) is 10.5. The van der Waals surface area contributed by atoms with E-state index in [4.69, 9.17) is 24.4 Å². The molecular formula is C50H30N4O. The number of nitrogens with zero attached hydrogens (tertiary/aromatic N) is 4. The molecule has 0 aliphatic carbocycles. The summed E-state index contributed by atoms with van der Waals surface area (Å²) in [5.74, 6) is 2.45. The average Bonchev–Trinajstić information content (AvgIpc) is 3.71. The maximum absolute atomic E-state index is 6.59. The topological polar surface area (TPSA) is 64.7 Å². The quantitative estimate of drug-likeness (QED) is 0.167. The van der Waals surface area contributed by atoms with E-state index >= 15 is 0 Å². The van der Waals surface area contributed by atoms with Gasteiger partial charge in [-0.05, 0) is 73.8 Å². The van der Waals surface area contributed by atoms with Crippen LogP contribution in [0.25, 0.3) is 111 Å². The smallest absolute Gasteiger partial charge is 0.227 e. The Labute approximate surface area is 316 Å². The van der Waals surface area contributed by atoms with Gasteiger partial charge in [0.2, 0.25) is 5.89 Å². The third kappa shape index (κ3) is 5.33. The van der Waals surface area contributed by atoms with Crippen LogP contribution in [-0.4, -0.2) is 19.9 Å². The first-order valence-corrected chi connectivity index (χ1v) is 18.4. The summed E-state index contributed by atoms with van der Waals surface area (Å²) in [6, 6.07) is 63.0. The monoisotopic (exact) mass is 702 g/mol. The van der Waals surface area contributed by atoms with Crippen molar-refractivity contribution in [3.05, 3.63) is 182 Å². The zero-order chi connectivity index (χ0) is 36.3. The average molecular weight is 703 g/mol. The summed E-state index contributed by atoms with van der Waals surface area (Å²) in [6.07, 6.45) is 0. The maximum atomic E-state index is 6.59. The maximum Gasteiger partial charge on any atom is 0.227 e. The molecule has 0 N–H and O–H groups in total. The standard InChI is InChI=1S/C50H30N4O/c1-3-12-35(13-4-1)47-52-48(38-18-9-17-37(29-38)41-20-10-16-31-11-7-8-19-40(31)41)54-49(53-47)39-26-22-32-21-23-33-24-25-34-27-28-43-46(45(34)44(33)42(32)30-39)55-50(51-43)36-14-5-2-6-15-36/h1-30H. The van der Waals surface area contributed by atoms with Crippen LogP contribution < -0.4 is 0 Å². The molecule has 0 spiro atoms. The van der Waals surface area contributed by atoms with Crippen LogP contribution in [0.4, 0.5) is 0 Å². The molecule has 0 saturated carbocycles. The van der Waals surface area contributed by atoms with Gasteiger partial charge in [0, 0.05) is 33.0 Å². The zero-order valence-electron chi connectivity index (χ0n) is 29.5. The lowest BCUT2D eigenvalue weighted by Gasteiger charge is -2.12. The van der Waals surface area contributed by atoms with E-state index in [2.05, 4.69) is 115 Å². The molecule has 5 nitrogen and oxygen atoms in total. The van der Waals surface area contributed by atoms with Crippen molar-refractivity contribution in [3.63, 3.8) is 0 Å². The molecule has 0 saturated heterocycles. The van der Waals surface area contributed by atoms with Crippen molar-refractivity contribution in [2.45, 2.75) is 0 Å². The van der Waals surface area contributed by atoms with Crippen LogP contribution in [0.15, 0.2) is 186 Å². The molecule has 0 unspecified atom stereocenters. The van der Waals surface area contributed by atoms with E-state index < -0.39 is 0 Å². The van der Waals surface area contributed by atoms with E-state index in [0.29, 0.717) is 23.4 Å². The Morgan fingerprint density at radius 3 is 1.67 bits per heavy atom. The molecule has 11 aromatic rings. The highest BCUT2D eigenvalue weighted by atomic mass is 16.3. The van der Waals surface area contributed by atoms with Gasteiger partial charge in [0.25, 0.3) is 0 Å². The van der Waals surface area contributed by atoms with Crippen molar-refractivity contribution in [2.24, 2.45) is 0 Å². The number of hydrogen-bond donors (Lipinski definition) is 0. The molecule has 5 heteroatoms. The molecule has 0 atom stereocenters. The zero-order valence-corrected chi connectivity index (χ0v) is 29.5. The highest BCUT2D eigenvalue weighted by molar-refractivity contribution is 6.26. The summed E-state index contributed by atoms with van der Waals surface area (Å²) in [4.78, 5) is 20.3. The Bertz CT molecular complexity index is 3250. The number of oxazole rings is 1. The molecule has 11 rings (SSSR count). The second-order valence-corrected chi connectivity index (χ2v) is 13.8. The molecule has 0 radical (unpaired) electrons. The highest BCUT2D eigenvalue weighted by Gasteiger charge is 2.18. The molecule has 9 aromatic carbocycles. The van der Waals surface area contributed by atoms with Crippen LogP contribution in [0.1, 0.15) is 0 Å². The van der Waals surface area contributed by atoms with Gasteiger partial charge in [-0.15, -0.1) is 0 Å². The van der Waals surface area contributed by atoms with Gasteiger partial charge < -0.3 is 4.42 Å². The first-order chi connectivity index (χ1) is 27.2. The van der Waals surface area contributed by atoms with E-state index in [1.54, 1.807) is 0 Å². The lowest BCUT2D eigenvalue weighted by atomic mass is 9.94. The van der Waals surface area contributed by atoms with Crippen molar-refractivity contribution in [3.8, 4) is 56.7 Å². The summed E-state index contributed by atoms with van der Waals surface area (Å²) in [6.45, 7) is 0. The number of benzene rings is 9. The summed E-state index contributed by atoms with van der Waals surface area (Å²) in [5.41, 5.74) is 7.58. The predicted molar refractivity (Wildman–Crippen MR) is 225 cm³/mol. The van der Waals surface area contributed by atoms with Crippen LogP contribution >= 0.6 is 0 Å². The minimum Gasteiger partial charge on any atom is -0.435 e. The van der Waals surface area contributed by atoms with Gasteiger partial charge in [0.05, 0.1) is 0 Å². The van der Waals surface area contributed by atoms with Crippen LogP contribution in [0.5, 0.6) is 0 Å². The number of hydrogen-bond acceptors (Lipinski definition) is 5. The lowest BCUT2D eigenvalue weighted by Crippen LogP contribution is -2.00. The molecule has 256 valence electrons. The van der Waals surface area contributed by atoms with Gasteiger partial charge in [0.1, 0.15) is 5.52 Å². The first kappa shape index (κ1) is 31.1. The molecule has 0 aliphatic rings. The molecule has 0 amide bonds. The first-order valence-electron chi connectivity index (χ1n) is 18.4. The Morgan fingerprint density at radius 2 is 0.873 bits per heavy atom. The molecule has 55 heavy (non-hydrogen) atoms. The fraction of sp³-hybridized carbons (Fsp3) is 0. The van der Waals surface area contributed by atoms with E-state index in [1.807, 2.05) is 66.7 Å². The second kappa shape index (κ2) is 12.6. The summed E-state index contributed by atoms with van der Waals surface area (Å²) >= 11 is 0. The largest absolute Gasteiger partial charge is 0.435 e. The summed E-state index contributed by atoms with van der Waals surface area (Å²) < 4.78 is 6.59. The Morgan fingerprint density at radius 1 is 0.327 bits per heavy atom. The van der Waals surface area contributed by atoms with Crippen LogP contribution in [0.2, 0.25) is 0 Å². The number of aromatic nitrogens is 4. The molecule has 0 fully saturated rings. The Kier molecular flexibility index (Phi) is 7.10. The third-order valence-corrected chi connectivity index (χ3v) is 10.5. The van der Waals surface area contributed by atoms with Gasteiger partial charge >= 0.3 is 0 Å². The van der Waals surface area contributed by atoms with Crippen LogP contribution in [0.3, 0.4) is 0 Å². The number of fused-ring (bicyclic) bond motifs is 8. The van der Waals surface area contributed by atoms with Gasteiger partial charge in [-0.1, -0.05) is 152 Å². The normalized spacial score (nSPS) is 11.6. The Balaban J connectivity index is 1.12. The van der Waals surface area contributed by atoms with Crippen molar-refractivity contribution in [1.82, 2.24) is 19.9 Å². The van der Waals surface area contributed by atoms with E-state index in [1.165, 1.54) is 16.3 Å². The van der Waals surface area contributed by atoms with E-state index in [0.717, 1.165) is 71.2 Å². The molecule has 0 bridgehead atoms. The van der Waals surface area contributed by atoms with Crippen LogP contribution in [0, 0.1) is 0 Å². The van der Waals surface area contributed by atoms with Crippen molar-refractivity contribution < 1.29 is 4.42 Å². The fourth-order valence-electron chi connectivity index (χ4n) is 7.83. The molecule has 2 aromatic heterocycles. The van der Waals surface area contributed by atoms with Gasteiger partial charge in [-0.25, -0.2) is 19.9 Å². The van der Waals surface area contributed by atoms with Crippen LogP contribution in [-0.2, 0) is 0 Å². The summed E-state index contributed by atoms with van der Waals surface area (Å²) in [7, 11) is 0. The highest BCUT2D eigenvalue weighted by Crippen LogP contribution is 2.40. The number of rotatable bonds is 5. The van der Waals surface area contributed by atoms with Crippen molar-refractivity contribution in [2.75, 3.05) is 0 Å². The van der Waals surface area contributed by atoms with E-state index in [-0.39, 0.29) is 0 Å². The minimum atomic E-state index is 0.606. The second-order valence-electron chi connectivity index (χ2n) is 13.8. The summed E-state index contributed by atoms with van der Waals surface area (Å²) in [5, 5.41) is 8.98. The molecule has 2 heterocycles. The lowest BCUT2D eigenvalue weighted by molar-refractivity contribution is 0.623. The van der Waals surface area contributed by atoms with Gasteiger partial charge in [-0.3, -0.25) is 0 Å². The van der Waals surface area contributed by atoms with Crippen molar-refractivity contribution in [1.29, 1.82) is 0 Å². The van der Waals surface area contributed by atoms with Crippen molar-refractivity contribution >= 4 is 54.2 Å². The predicted octanol–water partition coefficient (Wildman–Crippen LogP) is 13.0. The van der Waals surface area contributed by atoms with Gasteiger partial charge in [-0.2, -0.15) is 0 Å². The molecular weight excluding hydrogens is 673 g/mol. The van der Waals surface area contributed by atoms with E-state index in [9.17, 15) is 0 Å². The Hall–Kier alpha value is -7.50. The minimum absolute atomic E-state index is 0.606. The molecule has 0 aliphatic heterocycles. The van der Waals surface area contributed by atoms with Gasteiger partial charge in [0.15, 0.2) is 23.1 Å². The fourth-order valence-corrected chi connectivity index (χ4v) is 7.83.